The second-order valence-electron chi connectivity index (χ2n) is 7.26. The Morgan fingerprint density at radius 3 is 3.00 bits per heavy atom. The number of anilines is 1. The maximum Gasteiger partial charge on any atom is 0.258 e. The molecule has 0 bridgehead atoms. The van der Waals surface area contributed by atoms with Crippen molar-refractivity contribution in [1.82, 2.24) is 15.1 Å². The number of methoxy groups -OCH3 is 1. The number of carbonyl (C=O) groups is 1. The molecule has 1 saturated heterocycles. The van der Waals surface area contributed by atoms with Crippen molar-refractivity contribution in [3.05, 3.63) is 60.0 Å². The molecule has 0 radical (unpaired) electrons. The predicted octanol–water partition coefficient (Wildman–Crippen LogP) is 4.06. The topological polar surface area (TPSA) is 84.2 Å². The van der Waals surface area contributed by atoms with Crippen molar-refractivity contribution >= 4 is 22.5 Å². The monoisotopic (exact) mass is 388 g/mol. The fourth-order valence-electron chi connectivity index (χ4n) is 3.90. The number of benzene rings is 2. The quantitative estimate of drug-likeness (QED) is 0.570. The fourth-order valence-corrected chi connectivity index (χ4v) is 3.90. The minimum Gasteiger partial charge on any atom is -0.497 e. The van der Waals surface area contributed by atoms with Crippen LogP contribution in [0.4, 0.5) is 5.69 Å². The van der Waals surface area contributed by atoms with Gasteiger partial charge in [-0.05, 0) is 36.8 Å². The molecule has 7 heteroatoms. The number of nitrogens with zero attached hydrogens (tertiary/aromatic N) is 3. The van der Waals surface area contributed by atoms with Crippen LogP contribution in [0.3, 0.4) is 0 Å². The largest absolute Gasteiger partial charge is 0.497 e. The number of ether oxygens (including phenoxy) is 1. The summed E-state index contributed by atoms with van der Waals surface area (Å²) in [4.78, 5) is 22.3. The number of hydrogen-bond acceptors (Lipinski definition) is 5. The molecular weight excluding hydrogens is 368 g/mol. The van der Waals surface area contributed by atoms with Crippen molar-refractivity contribution in [3.8, 4) is 17.2 Å². The maximum atomic E-state index is 12.7. The molecule has 5 rings (SSSR count). The summed E-state index contributed by atoms with van der Waals surface area (Å²) in [5.41, 5.74) is 3.77. The molecule has 1 unspecified atom stereocenters. The van der Waals surface area contributed by atoms with Crippen LogP contribution < -0.4 is 9.64 Å². The van der Waals surface area contributed by atoms with E-state index in [9.17, 15) is 4.79 Å². The van der Waals surface area contributed by atoms with E-state index in [1.165, 1.54) is 0 Å². The zero-order valence-corrected chi connectivity index (χ0v) is 16.2. The number of nitrogens with one attached hydrogen (secondary N) is 1. The lowest BCUT2D eigenvalue weighted by Gasteiger charge is -2.19. The highest BCUT2D eigenvalue weighted by atomic mass is 16.5. The highest BCUT2D eigenvalue weighted by molar-refractivity contribution is 5.97. The Balaban J connectivity index is 1.44. The molecule has 0 saturated carbocycles. The first kappa shape index (κ1) is 17.5. The smallest absolute Gasteiger partial charge is 0.258 e. The van der Waals surface area contributed by atoms with Crippen LogP contribution in [0.15, 0.2) is 53.2 Å². The van der Waals surface area contributed by atoms with E-state index in [4.69, 9.17) is 9.26 Å². The van der Waals surface area contributed by atoms with Crippen LogP contribution in [0.2, 0.25) is 0 Å². The molecule has 1 aliphatic heterocycles. The fraction of sp³-hybridized carbons (Fsp3) is 0.227. The molecule has 2 aromatic heterocycles. The van der Waals surface area contributed by atoms with Gasteiger partial charge in [-0.3, -0.25) is 4.79 Å². The summed E-state index contributed by atoms with van der Waals surface area (Å²) in [6.07, 6.45) is 2.24. The second-order valence-corrected chi connectivity index (χ2v) is 7.26. The van der Waals surface area contributed by atoms with Crippen LogP contribution in [0.1, 0.15) is 23.7 Å². The van der Waals surface area contributed by atoms with Gasteiger partial charge in [-0.1, -0.05) is 17.3 Å². The van der Waals surface area contributed by atoms with Gasteiger partial charge < -0.3 is 19.1 Å². The summed E-state index contributed by atoms with van der Waals surface area (Å²) in [7, 11) is 1.62. The number of aromatic amines is 1. The lowest BCUT2D eigenvalue weighted by atomic mass is 10.1. The number of carbonyl (C=O) groups excluding carboxylic acids is 1. The summed E-state index contributed by atoms with van der Waals surface area (Å²) in [5.74, 6) is 1.68. The van der Waals surface area contributed by atoms with Crippen LogP contribution in [-0.2, 0) is 4.79 Å². The number of hydrogen-bond donors (Lipinski definition) is 1. The summed E-state index contributed by atoms with van der Waals surface area (Å²) >= 11 is 0. The number of aryl methyl sites for hydroxylation is 1. The summed E-state index contributed by atoms with van der Waals surface area (Å²) in [6.45, 7) is 2.50. The molecule has 1 fully saturated rings. The van der Waals surface area contributed by atoms with Gasteiger partial charge in [-0.2, -0.15) is 4.98 Å². The minimum atomic E-state index is -0.115. The van der Waals surface area contributed by atoms with Crippen molar-refractivity contribution in [1.29, 1.82) is 0 Å². The zero-order chi connectivity index (χ0) is 20.0. The summed E-state index contributed by atoms with van der Waals surface area (Å²) < 4.78 is 10.9. The molecule has 4 aromatic rings. The van der Waals surface area contributed by atoms with Crippen molar-refractivity contribution < 1.29 is 14.1 Å². The maximum absolute atomic E-state index is 12.7. The predicted molar refractivity (Wildman–Crippen MR) is 109 cm³/mol. The summed E-state index contributed by atoms with van der Waals surface area (Å²) in [5, 5.41) is 5.21. The summed E-state index contributed by atoms with van der Waals surface area (Å²) in [6, 6.07) is 13.6. The van der Waals surface area contributed by atoms with Gasteiger partial charge in [-0.15, -0.1) is 0 Å². The second kappa shape index (κ2) is 6.77. The highest BCUT2D eigenvalue weighted by Crippen LogP contribution is 2.35. The number of fused-ring (bicyclic) bond motifs is 1. The molecule has 7 nitrogen and oxygen atoms in total. The van der Waals surface area contributed by atoms with E-state index in [0.717, 1.165) is 33.5 Å². The number of amides is 1. The van der Waals surface area contributed by atoms with Gasteiger partial charge in [0.05, 0.1) is 12.8 Å². The molecule has 0 aliphatic carbocycles. The normalized spacial score (nSPS) is 16.7. The van der Waals surface area contributed by atoms with Crippen LogP contribution in [0.25, 0.3) is 22.4 Å². The van der Waals surface area contributed by atoms with Gasteiger partial charge in [0, 0.05) is 47.6 Å². The van der Waals surface area contributed by atoms with E-state index in [1.54, 1.807) is 12.0 Å². The van der Waals surface area contributed by atoms with Crippen molar-refractivity contribution in [2.24, 2.45) is 0 Å². The molecule has 0 spiro atoms. The Bertz CT molecular complexity index is 1210. The first-order valence-corrected chi connectivity index (χ1v) is 9.49. The lowest BCUT2D eigenvalue weighted by molar-refractivity contribution is -0.117. The number of H-pyrrole nitrogens is 1. The first-order valence-electron chi connectivity index (χ1n) is 9.49. The Morgan fingerprint density at radius 1 is 1.24 bits per heavy atom. The third-order valence-electron chi connectivity index (χ3n) is 5.46. The molecule has 146 valence electrons. The Labute approximate surface area is 167 Å². The van der Waals surface area contributed by atoms with Crippen LogP contribution in [0, 0.1) is 6.92 Å². The van der Waals surface area contributed by atoms with Gasteiger partial charge >= 0.3 is 0 Å². The Kier molecular flexibility index (Phi) is 4.08. The molecule has 1 atom stereocenters. The molecule has 1 N–H and O–H groups in total. The highest BCUT2D eigenvalue weighted by Gasteiger charge is 2.35. The van der Waals surface area contributed by atoms with Crippen LogP contribution in [-0.4, -0.2) is 34.7 Å². The third-order valence-corrected chi connectivity index (χ3v) is 5.46. The van der Waals surface area contributed by atoms with E-state index in [0.29, 0.717) is 24.7 Å². The SMILES string of the molecule is COc1ccc(C)c(N2CC(c3noc(-c4cccc5[nH]ccc45)n3)CC2=O)c1. The molecule has 1 amide bonds. The number of aromatic nitrogens is 3. The van der Waals surface area contributed by atoms with E-state index in [1.807, 2.05) is 55.6 Å². The zero-order valence-electron chi connectivity index (χ0n) is 16.2. The minimum absolute atomic E-state index is 0.0467. The van der Waals surface area contributed by atoms with Gasteiger partial charge in [-0.25, -0.2) is 0 Å². The van der Waals surface area contributed by atoms with Gasteiger partial charge in [0.2, 0.25) is 5.91 Å². The van der Waals surface area contributed by atoms with Gasteiger partial charge in [0.25, 0.3) is 5.89 Å². The lowest BCUT2D eigenvalue weighted by Crippen LogP contribution is -2.25. The van der Waals surface area contributed by atoms with Gasteiger partial charge in [0.1, 0.15) is 5.75 Å². The van der Waals surface area contributed by atoms with E-state index in [-0.39, 0.29) is 11.8 Å². The Hall–Kier alpha value is -3.61. The van der Waals surface area contributed by atoms with E-state index >= 15 is 0 Å². The third kappa shape index (κ3) is 2.95. The van der Waals surface area contributed by atoms with Gasteiger partial charge in [0.15, 0.2) is 5.82 Å². The van der Waals surface area contributed by atoms with E-state index in [2.05, 4.69) is 15.1 Å². The average molecular weight is 388 g/mol. The van der Waals surface area contributed by atoms with Crippen molar-refractivity contribution in [2.45, 2.75) is 19.3 Å². The average Bonchev–Trinajstić information content (AvgIpc) is 3.47. The van der Waals surface area contributed by atoms with E-state index < -0.39 is 0 Å². The van der Waals surface area contributed by atoms with Crippen LogP contribution >= 0.6 is 0 Å². The molecular formula is C22H20N4O3. The van der Waals surface area contributed by atoms with Crippen molar-refractivity contribution in [2.75, 3.05) is 18.6 Å². The van der Waals surface area contributed by atoms with Crippen molar-refractivity contribution in [3.63, 3.8) is 0 Å². The Morgan fingerprint density at radius 2 is 2.14 bits per heavy atom. The molecule has 29 heavy (non-hydrogen) atoms. The first-order chi connectivity index (χ1) is 14.1. The number of rotatable bonds is 4. The molecule has 1 aliphatic rings. The molecule has 3 heterocycles. The standard InChI is InChI=1S/C22H20N4O3/c1-13-6-7-15(28-2)11-19(13)26-12-14(10-20(26)27)21-24-22(29-25-21)17-4-3-5-18-16(17)8-9-23-18/h3-9,11,14,23H,10,12H2,1-2H3. The molecule has 2 aromatic carbocycles. The van der Waals surface area contributed by atoms with Crippen LogP contribution in [0.5, 0.6) is 5.75 Å².